The van der Waals surface area contributed by atoms with E-state index >= 15 is 0 Å². The summed E-state index contributed by atoms with van der Waals surface area (Å²) in [6.07, 6.45) is 5.45. The second kappa shape index (κ2) is 11.2. The molecule has 1 atom stereocenters. The molecule has 0 radical (unpaired) electrons. The Morgan fingerprint density at radius 1 is 1.06 bits per heavy atom. The minimum Gasteiger partial charge on any atom is -0.508 e. The van der Waals surface area contributed by atoms with Crippen LogP contribution in [0.2, 0.25) is 0 Å². The van der Waals surface area contributed by atoms with Gasteiger partial charge in [0.2, 0.25) is 11.8 Å². The third kappa shape index (κ3) is 5.78. The van der Waals surface area contributed by atoms with E-state index in [4.69, 9.17) is 4.74 Å². The van der Waals surface area contributed by atoms with Gasteiger partial charge in [-0.1, -0.05) is 37.5 Å². The summed E-state index contributed by atoms with van der Waals surface area (Å²) < 4.78 is 5.29. The third-order valence-corrected chi connectivity index (χ3v) is 7.07. The van der Waals surface area contributed by atoms with Gasteiger partial charge < -0.3 is 15.2 Å². The number of ether oxygens (including phenoxy) is 1. The number of aromatic hydroxyl groups is 1. The number of methoxy groups -OCH3 is 1. The van der Waals surface area contributed by atoms with Crippen LogP contribution in [0, 0.1) is 0 Å². The molecule has 34 heavy (non-hydrogen) atoms. The number of hydrogen-bond acceptors (Lipinski definition) is 5. The normalized spacial score (nSPS) is 14.9. The van der Waals surface area contributed by atoms with Gasteiger partial charge >= 0.3 is 0 Å². The van der Waals surface area contributed by atoms with Crippen molar-refractivity contribution in [1.82, 2.24) is 5.32 Å². The summed E-state index contributed by atoms with van der Waals surface area (Å²) in [5.74, 6) is 0.385. The van der Waals surface area contributed by atoms with E-state index in [1.807, 2.05) is 17.5 Å². The third-order valence-electron chi connectivity index (χ3n) is 6.19. The van der Waals surface area contributed by atoms with Crippen LogP contribution in [-0.4, -0.2) is 30.1 Å². The molecule has 0 bridgehead atoms. The van der Waals surface area contributed by atoms with E-state index in [1.165, 1.54) is 17.8 Å². The fourth-order valence-corrected chi connectivity index (χ4v) is 5.12. The highest BCUT2D eigenvalue weighted by Gasteiger charge is 2.34. The topological polar surface area (TPSA) is 78.9 Å². The number of hydrogen-bond donors (Lipinski definition) is 2. The molecule has 0 saturated heterocycles. The number of benzene rings is 2. The van der Waals surface area contributed by atoms with Crippen molar-refractivity contribution < 1.29 is 19.4 Å². The van der Waals surface area contributed by atoms with Crippen LogP contribution in [0.25, 0.3) is 0 Å². The number of phenolic OH excluding ortho intramolecular Hbond substituents is 1. The van der Waals surface area contributed by atoms with Gasteiger partial charge in [-0.05, 0) is 66.2 Å². The number of rotatable bonds is 8. The number of phenols is 1. The Labute approximate surface area is 204 Å². The van der Waals surface area contributed by atoms with Crippen molar-refractivity contribution in [3.05, 3.63) is 76.5 Å². The Bertz CT molecular complexity index is 1070. The predicted octanol–water partition coefficient (Wildman–Crippen LogP) is 5.23. The Morgan fingerprint density at radius 3 is 2.38 bits per heavy atom. The molecule has 0 unspecified atom stereocenters. The second-order valence-corrected chi connectivity index (χ2v) is 9.59. The molecule has 0 spiro atoms. The molecular formula is C27H30N2O4S. The molecule has 4 rings (SSSR count). The first-order chi connectivity index (χ1) is 16.5. The average molecular weight is 479 g/mol. The highest BCUT2D eigenvalue weighted by molar-refractivity contribution is 7.10. The summed E-state index contributed by atoms with van der Waals surface area (Å²) in [4.78, 5) is 30.0. The molecule has 7 heteroatoms. The SMILES string of the molecule is COc1ccc(N(C(=O)Cc2cccs2)[C@H](C(=O)NC2CCCCC2)c2ccc(O)cc2)cc1. The lowest BCUT2D eigenvalue weighted by Gasteiger charge is -2.33. The maximum atomic E-state index is 13.8. The number of carbonyl (C=O) groups excluding carboxylic acids is 2. The van der Waals surface area contributed by atoms with E-state index in [9.17, 15) is 14.7 Å². The number of amides is 2. The Morgan fingerprint density at radius 2 is 1.76 bits per heavy atom. The van der Waals surface area contributed by atoms with Crippen molar-refractivity contribution in [2.45, 2.75) is 50.6 Å². The van der Waals surface area contributed by atoms with Crippen LogP contribution in [0.1, 0.15) is 48.6 Å². The fourth-order valence-electron chi connectivity index (χ4n) is 4.43. The molecule has 178 valence electrons. The molecule has 2 amide bonds. The van der Waals surface area contributed by atoms with Crippen molar-refractivity contribution in [2.24, 2.45) is 0 Å². The van der Waals surface area contributed by atoms with Crippen molar-refractivity contribution >= 4 is 28.8 Å². The minimum atomic E-state index is -0.872. The number of anilines is 1. The van der Waals surface area contributed by atoms with Crippen molar-refractivity contribution in [3.63, 3.8) is 0 Å². The van der Waals surface area contributed by atoms with Gasteiger partial charge in [0.15, 0.2) is 0 Å². The fraction of sp³-hybridized carbons (Fsp3) is 0.333. The molecule has 1 saturated carbocycles. The Kier molecular flexibility index (Phi) is 7.85. The standard InChI is InChI=1S/C27H30N2O4S/c1-33-23-15-11-21(12-16-23)29(25(31)18-24-8-5-17-34-24)26(19-9-13-22(30)14-10-19)27(32)28-20-6-3-2-4-7-20/h5,8-17,20,26,30H,2-4,6-7,18H2,1H3,(H,28,32)/t26-/m0/s1. The van der Waals surface area contributed by atoms with Gasteiger partial charge in [0.05, 0.1) is 13.5 Å². The summed E-state index contributed by atoms with van der Waals surface area (Å²) in [7, 11) is 1.59. The molecule has 1 aromatic heterocycles. The quantitative estimate of drug-likeness (QED) is 0.465. The maximum absolute atomic E-state index is 13.8. The van der Waals surface area contributed by atoms with Crippen LogP contribution < -0.4 is 15.0 Å². The van der Waals surface area contributed by atoms with E-state index in [0.29, 0.717) is 17.0 Å². The van der Waals surface area contributed by atoms with Gasteiger partial charge in [0.1, 0.15) is 17.5 Å². The molecule has 1 heterocycles. The molecule has 1 fully saturated rings. The highest BCUT2D eigenvalue weighted by atomic mass is 32.1. The highest BCUT2D eigenvalue weighted by Crippen LogP contribution is 2.32. The summed E-state index contributed by atoms with van der Waals surface area (Å²) in [5, 5.41) is 15.0. The number of thiophene rings is 1. The van der Waals surface area contributed by atoms with Crippen LogP contribution in [-0.2, 0) is 16.0 Å². The lowest BCUT2D eigenvalue weighted by atomic mass is 9.94. The summed E-state index contributed by atoms with van der Waals surface area (Å²) in [6, 6.07) is 16.7. The van der Waals surface area contributed by atoms with E-state index in [-0.39, 0.29) is 30.0 Å². The lowest BCUT2D eigenvalue weighted by molar-refractivity contribution is -0.127. The van der Waals surface area contributed by atoms with Crippen molar-refractivity contribution in [1.29, 1.82) is 0 Å². The van der Waals surface area contributed by atoms with E-state index in [1.54, 1.807) is 60.5 Å². The van der Waals surface area contributed by atoms with Crippen LogP contribution in [0.4, 0.5) is 5.69 Å². The second-order valence-electron chi connectivity index (χ2n) is 8.56. The zero-order valence-corrected chi connectivity index (χ0v) is 20.1. The lowest BCUT2D eigenvalue weighted by Crippen LogP contribution is -2.47. The van der Waals surface area contributed by atoms with E-state index in [2.05, 4.69) is 5.32 Å². The summed E-state index contributed by atoms with van der Waals surface area (Å²) >= 11 is 1.52. The summed E-state index contributed by atoms with van der Waals surface area (Å²) in [6.45, 7) is 0. The van der Waals surface area contributed by atoms with Gasteiger partial charge in [0.25, 0.3) is 0 Å². The first kappa shape index (κ1) is 23.8. The zero-order chi connectivity index (χ0) is 23.9. The van der Waals surface area contributed by atoms with Gasteiger partial charge in [-0.3, -0.25) is 14.5 Å². The predicted molar refractivity (Wildman–Crippen MR) is 134 cm³/mol. The van der Waals surface area contributed by atoms with Gasteiger partial charge in [-0.15, -0.1) is 11.3 Å². The monoisotopic (exact) mass is 478 g/mol. The molecule has 2 N–H and O–H groups in total. The van der Waals surface area contributed by atoms with Gasteiger partial charge in [-0.25, -0.2) is 0 Å². The van der Waals surface area contributed by atoms with Gasteiger partial charge in [0, 0.05) is 16.6 Å². The molecule has 2 aromatic carbocycles. The van der Waals surface area contributed by atoms with Gasteiger partial charge in [-0.2, -0.15) is 0 Å². The minimum absolute atomic E-state index is 0.103. The number of nitrogens with zero attached hydrogens (tertiary/aromatic N) is 1. The zero-order valence-electron chi connectivity index (χ0n) is 19.3. The molecule has 6 nitrogen and oxygen atoms in total. The first-order valence-electron chi connectivity index (χ1n) is 11.6. The van der Waals surface area contributed by atoms with E-state index in [0.717, 1.165) is 30.6 Å². The largest absolute Gasteiger partial charge is 0.508 e. The van der Waals surface area contributed by atoms with Crippen molar-refractivity contribution in [3.8, 4) is 11.5 Å². The Balaban J connectivity index is 1.73. The molecule has 3 aromatic rings. The smallest absolute Gasteiger partial charge is 0.248 e. The van der Waals surface area contributed by atoms with Crippen LogP contribution in [0.5, 0.6) is 11.5 Å². The molecular weight excluding hydrogens is 448 g/mol. The number of nitrogens with one attached hydrogen (secondary N) is 1. The molecule has 1 aliphatic rings. The number of carbonyl (C=O) groups is 2. The first-order valence-corrected chi connectivity index (χ1v) is 12.5. The van der Waals surface area contributed by atoms with E-state index < -0.39 is 6.04 Å². The molecule has 0 aliphatic heterocycles. The molecule has 1 aliphatic carbocycles. The van der Waals surface area contributed by atoms with Crippen LogP contribution in [0.15, 0.2) is 66.0 Å². The Hall–Kier alpha value is -3.32. The van der Waals surface area contributed by atoms with Crippen molar-refractivity contribution in [2.75, 3.05) is 12.0 Å². The van der Waals surface area contributed by atoms with Crippen LogP contribution >= 0.6 is 11.3 Å². The maximum Gasteiger partial charge on any atom is 0.248 e. The van der Waals surface area contributed by atoms with Crippen LogP contribution in [0.3, 0.4) is 0 Å². The average Bonchev–Trinajstić information content (AvgIpc) is 3.37. The summed E-state index contributed by atoms with van der Waals surface area (Å²) in [5.41, 5.74) is 1.25.